The minimum Gasteiger partial charge on any atom is -0.348 e. The van der Waals surface area contributed by atoms with Crippen molar-refractivity contribution < 1.29 is 0 Å². The molecule has 0 atom stereocenters. The molecule has 3 aromatic rings. The topological polar surface area (TPSA) is 28.7 Å². The van der Waals surface area contributed by atoms with E-state index in [1.807, 2.05) is 12.3 Å². The number of aromatic amines is 1. The fourth-order valence-corrected chi connectivity index (χ4v) is 2.58. The molecule has 0 saturated heterocycles. The molecule has 3 rings (SSSR count). The van der Waals surface area contributed by atoms with Crippen LogP contribution in [0.4, 0.5) is 0 Å². The lowest BCUT2D eigenvalue weighted by molar-refractivity contribution is 0.832. The summed E-state index contributed by atoms with van der Waals surface area (Å²) in [5.41, 5.74) is 3.91. The van der Waals surface area contributed by atoms with Crippen molar-refractivity contribution in [2.24, 2.45) is 0 Å². The van der Waals surface area contributed by atoms with E-state index in [9.17, 15) is 0 Å². The molecule has 0 unspecified atom stereocenters. The number of imidazole rings is 1. The van der Waals surface area contributed by atoms with Crippen molar-refractivity contribution in [2.45, 2.75) is 26.1 Å². The van der Waals surface area contributed by atoms with E-state index < -0.39 is 0 Å². The van der Waals surface area contributed by atoms with Crippen LogP contribution in [0.25, 0.3) is 0 Å². The van der Waals surface area contributed by atoms with Crippen LogP contribution in [-0.4, -0.2) is 16.7 Å². The lowest BCUT2D eigenvalue weighted by atomic mass is 9.39. The molecule has 0 bridgehead atoms. The van der Waals surface area contributed by atoms with E-state index in [4.69, 9.17) is 0 Å². The van der Waals surface area contributed by atoms with Crippen LogP contribution in [0, 0.1) is 0 Å². The Morgan fingerprint density at radius 1 is 1.00 bits per heavy atom. The molecule has 0 spiro atoms. The standard InChI is InChI=1S/C15H15B.C6H10N2/c1-2-13-16(14-9-5-3-6-10-14)15-11-7-4-8-12-15;1-5(2)6-3-7-4-8-6/h2-12H,1,13H2;3-5H,1-2H3,(H,7,8). The van der Waals surface area contributed by atoms with Gasteiger partial charge in [-0.1, -0.05) is 91.5 Å². The molecule has 122 valence electrons. The quantitative estimate of drug-likeness (QED) is 0.559. The zero-order chi connectivity index (χ0) is 17.2. The first-order chi connectivity index (χ1) is 11.7. The summed E-state index contributed by atoms with van der Waals surface area (Å²) in [6, 6.07) is 21.2. The van der Waals surface area contributed by atoms with E-state index in [0.29, 0.717) is 12.6 Å². The van der Waals surface area contributed by atoms with E-state index in [1.165, 1.54) is 16.6 Å². The van der Waals surface area contributed by atoms with Crippen LogP contribution in [-0.2, 0) is 0 Å². The van der Waals surface area contributed by atoms with E-state index >= 15 is 0 Å². The average Bonchev–Trinajstić information content (AvgIpc) is 3.17. The van der Waals surface area contributed by atoms with Gasteiger partial charge in [-0.25, -0.2) is 4.98 Å². The number of benzene rings is 2. The van der Waals surface area contributed by atoms with E-state index in [0.717, 1.165) is 6.32 Å². The van der Waals surface area contributed by atoms with Gasteiger partial charge in [0.2, 0.25) is 6.71 Å². The van der Waals surface area contributed by atoms with Gasteiger partial charge in [-0.2, -0.15) is 0 Å². The van der Waals surface area contributed by atoms with Gasteiger partial charge >= 0.3 is 0 Å². The van der Waals surface area contributed by atoms with Crippen LogP contribution < -0.4 is 10.9 Å². The summed E-state index contributed by atoms with van der Waals surface area (Å²) in [6.07, 6.45) is 6.53. The van der Waals surface area contributed by atoms with Gasteiger partial charge in [-0.15, -0.1) is 6.58 Å². The maximum absolute atomic E-state index is 3.89. The monoisotopic (exact) mass is 316 g/mol. The first-order valence-corrected chi connectivity index (χ1v) is 8.41. The lowest BCUT2D eigenvalue weighted by Crippen LogP contribution is -2.41. The highest BCUT2D eigenvalue weighted by Gasteiger charge is 2.16. The molecule has 0 aliphatic heterocycles. The first kappa shape index (κ1) is 17.8. The van der Waals surface area contributed by atoms with Gasteiger partial charge in [0.25, 0.3) is 0 Å². The number of aromatic nitrogens is 2. The Labute approximate surface area is 145 Å². The van der Waals surface area contributed by atoms with Crippen molar-refractivity contribution in [3.05, 3.63) is 91.5 Å². The van der Waals surface area contributed by atoms with Gasteiger partial charge in [0.1, 0.15) is 0 Å². The minimum absolute atomic E-state index is 0.430. The van der Waals surface area contributed by atoms with E-state index in [2.05, 4.69) is 91.1 Å². The molecule has 1 aromatic heterocycles. The molecule has 0 radical (unpaired) electrons. The Hall–Kier alpha value is -2.55. The highest BCUT2D eigenvalue weighted by Crippen LogP contribution is 2.07. The number of rotatable bonds is 5. The van der Waals surface area contributed by atoms with Crippen LogP contribution in [0.2, 0.25) is 6.32 Å². The second-order valence-electron chi connectivity index (χ2n) is 6.06. The maximum atomic E-state index is 3.89. The lowest BCUT2D eigenvalue weighted by Gasteiger charge is -2.12. The Balaban J connectivity index is 0.000000219. The zero-order valence-corrected chi connectivity index (χ0v) is 14.5. The third-order valence-electron chi connectivity index (χ3n) is 3.95. The molecule has 0 fully saturated rings. The summed E-state index contributed by atoms with van der Waals surface area (Å²) in [6.45, 7) is 8.55. The van der Waals surface area contributed by atoms with Crippen LogP contribution in [0.1, 0.15) is 25.5 Å². The average molecular weight is 316 g/mol. The number of hydrogen-bond acceptors (Lipinski definition) is 1. The van der Waals surface area contributed by atoms with E-state index in [-0.39, 0.29) is 0 Å². The third kappa shape index (κ3) is 5.27. The number of H-pyrrole nitrogens is 1. The van der Waals surface area contributed by atoms with Crippen molar-refractivity contribution in [2.75, 3.05) is 0 Å². The SMILES string of the molecule is C=CCB(c1ccccc1)c1ccccc1.CC(C)c1cnc[nH]1. The predicted octanol–water partition coefficient (Wildman–Crippen LogP) is 4.01. The first-order valence-electron chi connectivity index (χ1n) is 8.41. The van der Waals surface area contributed by atoms with Gasteiger partial charge in [-0.05, 0) is 12.2 Å². The summed E-state index contributed by atoms with van der Waals surface area (Å²) in [5.74, 6) is 0.567. The second-order valence-corrected chi connectivity index (χ2v) is 6.06. The molecular formula is C21H25BN2. The van der Waals surface area contributed by atoms with E-state index in [1.54, 1.807) is 6.33 Å². The molecule has 1 N–H and O–H groups in total. The smallest absolute Gasteiger partial charge is 0.213 e. The summed E-state index contributed by atoms with van der Waals surface area (Å²) in [7, 11) is 0. The van der Waals surface area contributed by atoms with Gasteiger partial charge in [0.05, 0.1) is 6.33 Å². The molecular weight excluding hydrogens is 291 g/mol. The van der Waals surface area contributed by atoms with Crippen LogP contribution in [0.5, 0.6) is 0 Å². The summed E-state index contributed by atoms with van der Waals surface area (Å²) in [4.78, 5) is 6.91. The van der Waals surface area contributed by atoms with Crippen molar-refractivity contribution in [1.29, 1.82) is 0 Å². The van der Waals surface area contributed by atoms with Crippen LogP contribution in [0.3, 0.4) is 0 Å². The highest BCUT2D eigenvalue weighted by molar-refractivity contribution is 6.85. The van der Waals surface area contributed by atoms with Crippen LogP contribution >= 0.6 is 0 Å². The second kappa shape index (κ2) is 9.56. The fourth-order valence-electron chi connectivity index (χ4n) is 2.58. The van der Waals surface area contributed by atoms with Crippen LogP contribution in [0.15, 0.2) is 85.8 Å². The largest absolute Gasteiger partial charge is 0.348 e. The Kier molecular flexibility index (Phi) is 7.09. The zero-order valence-electron chi connectivity index (χ0n) is 14.5. The molecule has 3 heteroatoms. The molecule has 2 nitrogen and oxygen atoms in total. The molecule has 24 heavy (non-hydrogen) atoms. The molecule has 0 saturated carbocycles. The molecule has 2 aromatic carbocycles. The van der Waals surface area contributed by atoms with Crippen molar-refractivity contribution in [3.8, 4) is 0 Å². The fraction of sp³-hybridized carbons (Fsp3) is 0.190. The number of hydrogen-bond donors (Lipinski definition) is 1. The normalized spacial score (nSPS) is 9.96. The summed E-state index contributed by atoms with van der Waals surface area (Å²) >= 11 is 0. The summed E-state index contributed by atoms with van der Waals surface area (Å²) in [5, 5.41) is 0. The number of allylic oxidation sites excluding steroid dienone is 1. The van der Waals surface area contributed by atoms with Crippen molar-refractivity contribution in [1.82, 2.24) is 9.97 Å². The Morgan fingerprint density at radius 2 is 1.54 bits per heavy atom. The molecule has 0 amide bonds. The van der Waals surface area contributed by atoms with Gasteiger partial charge in [0.15, 0.2) is 0 Å². The van der Waals surface area contributed by atoms with Gasteiger partial charge in [-0.3, -0.25) is 0 Å². The number of nitrogens with zero attached hydrogens (tertiary/aromatic N) is 1. The molecule has 0 aliphatic carbocycles. The van der Waals surface area contributed by atoms with Gasteiger partial charge in [0, 0.05) is 11.9 Å². The summed E-state index contributed by atoms with van der Waals surface area (Å²) < 4.78 is 0. The minimum atomic E-state index is 0.430. The molecule has 0 aliphatic rings. The van der Waals surface area contributed by atoms with Crippen molar-refractivity contribution in [3.63, 3.8) is 0 Å². The maximum Gasteiger partial charge on any atom is 0.213 e. The number of nitrogens with one attached hydrogen (secondary N) is 1. The van der Waals surface area contributed by atoms with Crippen molar-refractivity contribution >= 4 is 17.6 Å². The Bertz CT molecular complexity index is 652. The Morgan fingerprint density at radius 3 is 1.88 bits per heavy atom. The third-order valence-corrected chi connectivity index (χ3v) is 3.95. The van der Waals surface area contributed by atoms with Gasteiger partial charge < -0.3 is 4.98 Å². The molecule has 1 heterocycles. The predicted molar refractivity (Wildman–Crippen MR) is 106 cm³/mol. The highest BCUT2D eigenvalue weighted by atomic mass is 14.9.